The summed E-state index contributed by atoms with van der Waals surface area (Å²) in [5.41, 5.74) is 1.23. The molecular weight excluding hydrogens is 259 g/mol. The van der Waals surface area contributed by atoms with Crippen LogP contribution in [0.15, 0.2) is 24.3 Å². The molecule has 1 atom stereocenters. The van der Waals surface area contributed by atoms with E-state index in [1.54, 1.807) is 17.0 Å². The van der Waals surface area contributed by atoms with Gasteiger partial charge >= 0.3 is 0 Å². The smallest absolute Gasteiger partial charge is 0.270 e. The number of aliphatic hydroxyl groups excluding tert-OH is 1. The van der Waals surface area contributed by atoms with E-state index in [9.17, 15) is 14.3 Å². The quantitative estimate of drug-likeness (QED) is 0.883. The van der Waals surface area contributed by atoms with Crippen molar-refractivity contribution in [2.24, 2.45) is 5.92 Å². The molecule has 1 unspecified atom stereocenters. The number of aliphatic hydroxyl groups is 1. The molecule has 0 spiro atoms. The minimum absolute atomic E-state index is 0.0836. The third-order valence-electron chi connectivity index (χ3n) is 3.88. The van der Waals surface area contributed by atoms with E-state index in [-0.39, 0.29) is 24.2 Å². The van der Waals surface area contributed by atoms with Crippen LogP contribution in [0.1, 0.15) is 23.3 Å². The van der Waals surface area contributed by atoms with E-state index in [2.05, 4.69) is 4.98 Å². The second-order valence-corrected chi connectivity index (χ2v) is 5.36. The molecule has 1 saturated heterocycles. The van der Waals surface area contributed by atoms with Crippen molar-refractivity contribution >= 4 is 16.8 Å². The number of piperidine rings is 1. The number of aromatic amines is 1. The molecule has 0 bridgehead atoms. The summed E-state index contributed by atoms with van der Waals surface area (Å²) in [6.07, 6.45) is 1.87. The van der Waals surface area contributed by atoms with Crippen LogP contribution in [0.5, 0.6) is 0 Å². The van der Waals surface area contributed by atoms with Crippen LogP contribution in [0.3, 0.4) is 0 Å². The predicted molar refractivity (Wildman–Crippen MR) is 74.0 cm³/mol. The number of amides is 1. The van der Waals surface area contributed by atoms with Gasteiger partial charge in [0.05, 0.1) is 0 Å². The van der Waals surface area contributed by atoms with Gasteiger partial charge in [-0.15, -0.1) is 0 Å². The number of hydrogen-bond acceptors (Lipinski definition) is 2. The zero-order chi connectivity index (χ0) is 14.1. The average molecular weight is 276 g/mol. The molecule has 0 radical (unpaired) electrons. The fraction of sp³-hybridized carbons (Fsp3) is 0.400. The lowest BCUT2D eigenvalue weighted by molar-refractivity contribution is 0.0616. The number of likely N-dealkylation sites (tertiary alicyclic amines) is 1. The molecule has 2 N–H and O–H groups in total. The number of nitrogens with one attached hydrogen (secondary N) is 1. The van der Waals surface area contributed by atoms with Gasteiger partial charge in [0, 0.05) is 30.6 Å². The summed E-state index contributed by atoms with van der Waals surface area (Å²) in [4.78, 5) is 17.2. The van der Waals surface area contributed by atoms with Crippen LogP contribution in [-0.2, 0) is 0 Å². The lowest BCUT2D eigenvalue weighted by Gasteiger charge is -2.31. The van der Waals surface area contributed by atoms with Crippen molar-refractivity contribution in [1.82, 2.24) is 9.88 Å². The first-order valence-corrected chi connectivity index (χ1v) is 6.86. The highest BCUT2D eigenvalue weighted by atomic mass is 19.1. The first-order chi connectivity index (χ1) is 9.67. The van der Waals surface area contributed by atoms with Gasteiger partial charge in [-0.3, -0.25) is 4.79 Å². The van der Waals surface area contributed by atoms with Gasteiger partial charge in [0.1, 0.15) is 11.5 Å². The van der Waals surface area contributed by atoms with Crippen molar-refractivity contribution in [2.45, 2.75) is 12.8 Å². The second kappa shape index (κ2) is 5.25. The fourth-order valence-electron chi connectivity index (χ4n) is 2.79. The number of benzene rings is 1. The van der Waals surface area contributed by atoms with Crippen LogP contribution in [-0.4, -0.2) is 40.6 Å². The summed E-state index contributed by atoms with van der Waals surface area (Å²) in [6, 6.07) is 6.10. The molecule has 1 aliphatic rings. The topological polar surface area (TPSA) is 56.3 Å². The minimum Gasteiger partial charge on any atom is -0.396 e. The van der Waals surface area contributed by atoms with E-state index in [0.29, 0.717) is 24.2 Å². The van der Waals surface area contributed by atoms with Crippen LogP contribution >= 0.6 is 0 Å². The Morgan fingerprint density at radius 2 is 2.30 bits per heavy atom. The molecule has 2 heterocycles. The van der Waals surface area contributed by atoms with Gasteiger partial charge in [-0.05, 0) is 43.0 Å². The summed E-state index contributed by atoms with van der Waals surface area (Å²) in [5, 5.41) is 9.92. The SMILES string of the molecule is O=C(c1cc2cc(F)ccc2[nH]1)N1CCCC(CO)C1. The maximum absolute atomic E-state index is 13.2. The Morgan fingerprint density at radius 1 is 1.45 bits per heavy atom. The highest BCUT2D eigenvalue weighted by Gasteiger charge is 2.24. The second-order valence-electron chi connectivity index (χ2n) is 5.36. The number of rotatable bonds is 2. The molecule has 1 aliphatic heterocycles. The van der Waals surface area contributed by atoms with Gasteiger partial charge < -0.3 is 15.0 Å². The van der Waals surface area contributed by atoms with Crippen molar-refractivity contribution < 1.29 is 14.3 Å². The van der Waals surface area contributed by atoms with Crippen molar-refractivity contribution in [1.29, 1.82) is 0 Å². The van der Waals surface area contributed by atoms with Crippen LogP contribution in [0.25, 0.3) is 10.9 Å². The molecule has 1 aromatic carbocycles. The van der Waals surface area contributed by atoms with Crippen LogP contribution < -0.4 is 0 Å². The van der Waals surface area contributed by atoms with E-state index < -0.39 is 0 Å². The van der Waals surface area contributed by atoms with E-state index in [1.807, 2.05) is 0 Å². The van der Waals surface area contributed by atoms with Gasteiger partial charge in [-0.2, -0.15) is 0 Å². The standard InChI is InChI=1S/C15H17FN2O2/c16-12-3-4-13-11(6-12)7-14(17-13)15(20)18-5-1-2-10(8-18)9-19/h3-4,6-7,10,17,19H,1-2,5,8-9H2. The maximum atomic E-state index is 13.2. The number of nitrogens with zero attached hydrogens (tertiary/aromatic N) is 1. The highest BCUT2D eigenvalue weighted by molar-refractivity contribution is 5.98. The summed E-state index contributed by atoms with van der Waals surface area (Å²) < 4.78 is 13.2. The van der Waals surface area contributed by atoms with E-state index in [1.165, 1.54) is 12.1 Å². The first-order valence-electron chi connectivity index (χ1n) is 6.86. The molecule has 106 valence electrons. The molecule has 0 saturated carbocycles. The van der Waals surface area contributed by atoms with Gasteiger partial charge in [0.15, 0.2) is 0 Å². The Morgan fingerprint density at radius 3 is 3.10 bits per heavy atom. The Kier molecular flexibility index (Phi) is 3.44. The molecule has 4 nitrogen and oxygen atoms in total. The average Bonchev–Trinajstić information content (AvgIpc) is 2.89. The lowest BCUT2D eigenvalue weighted by Crippen LogP contribution is -2.41. The Hall–Kier alpha value is -1.88. The number of carbonyl (C=O) groups excluding carboxylic acids is 1. The molecule has 5 heteroatoms. The summed E-state index contributed by atoms with van der Waals surface area (Å²) in [5.74, 6) is -0.233. The largest absolute Gasteiger partial charge is 0.396 e. The van der Waals surface area contributed by atoms with Gasteiger partial charge in [0.2, 0.25) is 0 Å². The van der Waals surface area contributed by atoms with Crippen LogP contribution in [0.2, 0.25) is 0 Å². The molecule has 2 aromatic rings. The number of hydrogen-bond donors (Lipinski definition) is 2. The molecule has 0 aliphatic carbocycles. The van der Waals surface area contributed by atoms with Crippen LogP contribution in [0, 0.1) is 11.7 Å². The lowest BCUT2D eigenvalue weighted by atomic mass is 9.99. The normalized spacial score (nSPS) is 19.5. The van der Waals surface area contributed by atoms with Gasteiger partial charge in [-0.25, -0.2) is 4.39 Å². The highest BCUT2D eigenvalue weighted by Crippen LogP contribution is 2.21. The van der Waals surface area contributed by atoms with Crippen molar-refractivity contribution in [3.8, 4) is 0 Å². The van der Waals surface area contributed by atoms with E-state index in [0.717, 1.165) is 18.4 Å². The van der Waals surface area contributed by atoms with Crippen molar-refractivity contribution in [2.75, 3.05) is 19.7 Å². The van der Waals surface area contributed by atoms with E-state index >= 15 is 0 Å². The molecule has 1 amide bonds. The molecule has 1 aromatic heterocycles. The molecular formula is C15H17FN2O2. The molecule has 20 heavy (non-hydrogen) atoms. The monoisotopic (exact) mass is 276 g/mol. The zero-order valence-corrected chi connectivity index (χ0v) is 11.1. The summed E-state index contributed by atoms with van der Waals surface area (Å²) >= 11 is 0. The molecule has 3 rings (SSSR count). The van der Waals surface area contributed by atoms with Crippen molar-refractivity contribution in [3.63, 3.8) is 0 Å². The Balaban J connectivity index is 1.84. The molecule has 1 fully saturated rings. The summed E-state index contributed by atoms with van der Waals surface area (Å²) in [6.45, 7) is 1.40. The Bertz CT molecular complexity index is 638. The number of fused-ring (bicyclic) bond motifs is 1. The number of carbonyl (C=O) groups is 1. The third kappa shape index (κ3) is 2.41. The fourth-order valence-corrected chi connectivity index (χ4v) is 2.79. The number of aromatic nitrogens is 1. The maximum Gasteiger partial charge on any atom is 0.270 e. The number of H-pyrrole nitrogens is 1. The van der Waals surface area contributed by atoms with Gasteiger partial charge in [0.25, 0.3) is 5.91 Å². The van der Waals surface area contributed by atoms with E-state index in [4.69, 9.17) is 0 Å². The Labute approximate surface area is 116 Å². The minimum atomic E-state index is -0.311. The van der Waals surface area contributed by atoms with Crippen LogP contribution in [0.4, 0.5) is 4.39 Å². The number of halogens is 1. The summed E-state index contributed by atoms with van der Waals surface area (Å²) in [7, 11) is 0. The van der Waals surface area contributed by atoms with Crippen molar-refractivity contribution in [3.05, 3.63) is 35.8 Å². The third-order valence-corrected chi connectivity index (χ3v) is 3.88. The van der Waals surface area contributed by atoms with Gasteiger partial charge in [-0.1, -0.05) is 0 Å². The zero-order valence-electron chi connectivity index (χ0n) is 11.1. The first kappa shape index (κ1) is 13.1. The predicted octanol–water partition coefficient (Wildman–Crippen LogP) is 2.15.